The van der Waals surface area contributed by atoms with Gasteiger partial charge in [0.2, 0.25) is 0 Å². The molecule has 7 heteroatoms. The van der Waals surface area contributed by atoms with Crippen molar-refractivity contribution in [3.63, 3.8) is 0 Å². The highest BCUT2D eigenvalue weighted by Crippen LogP contribution is 2.32. The topological polar surface area (TPSA) is 78.7 Å². The minimum absolute atomic E-state index is 0.0114. The van der Waals surface area contributed by atoms with Crippen LogP contribution in [0.1, 0.15) is 62.7 Å². The molecule has 7 nitrogen and oxygen atoms in total. The summed E-state index contributed by atoms with van der Waals surface area (Å²) < 4.78 is 0. The number of hydrogen-bond donors (Lipinski definition) is 1. The fourth-order valence-corrected chi connectivity index (χ4v) is 4.36. The average molecular weight is 389 g/mol. The first-order valence-corrected chi connectivity index (χ1v) is 10.5. The number of amides is 1. The molecule has 2 heterocycles. The monoisotopic (exact) mass is 388 g/mol. The van der Waals surface area contributed by atoms with Gasteiger partial charge in [-0.2, -0.15) is 0 Å². The number of rotatable bonds is 5. The van der Waals surface area contributed by atoms with Crippen LogP contribution in [0, 0.1) is 10.1 Å². The Morgan fingerprint density at radius 2 is 1.86 bits per heavy atom. The van der Waals surface area contributed by atoms with Gasteiger partial charge in [-0.05, 0) is 64.8 Å². The maximum atomic E-state index is 12.3. The Bertz CT molecular complexity index is 699. The summed E-state index contributed by atoms with van der Waals surface area (Å²) in [7, 11) is 0. The first kappa shape index (κ1) is 20.6. The summed E-state index contributed by atoms with van der Waals surface area (Å²) in [5, 5.41) is 14.5. The number of nitro groups is 1. The molecule has 1 N–H and O–H groups in total. The zero-order valence-corrected chi connectivity index (χ0v) is 17.0. The minimum atomic E-state index is -0.364. The highest BCUT2D eigenvalue weighted by atomic mass is 16.6. The number of hydrogen-bond acceptors (Lipinski definition) is 5. The van der Waals surface area contributed by atoms with Crippen LogP contribution in [0.15, 0.2) is 18.2 Å². The fourth-order valence-electron chi connectivity index (χ4n) is 4.36. The first-order chi connectivity index (χ1) is 13.5. The second-order valence-electron chi connectivity index (χ2n) is 8.28. The lowest BCUT2D eigenvalue weighted by Crippen LogP contribution is -2.48. The molecule has 0 saturated carbocycles. The smallest absolute Gasteiger partial charge is 0.293 e. The van der Waals surface area contributed by atoms with E-state index in [9.17, 15) is 14.9 Å². The maximum Gasteiger partial charge on any atom is 0.293 e. The SMILES string of the molecule is CC(C)NC(=O)c1ccc(N2CCCC(N3CCCCCC3)C2)c([N+](=O)[O-])c1. The number of carbonyl (C=O) groups excluding carboxylic acids is 1. The van der Waals surface area contributed by atoms with E-state index < -0.39 is 0 Å². The van der Waals surface area contributed by atoms with E-state index in [0.29, 0.717) is 17.3 Å². The third kappa shape index (κ3) is 5.01. The second-order valence-corrected chi connectivity index (χ2v) is 8.28. The average Bonchev–Trinajstić information content (AvgIpc) is 2.96. The van der Waals surface area contributed by atoms with Crippen LogP contribution in [0.4, 0.5) is 11.4 Å². The molecule has 1 unspecified atom stereocenters. The van der Waals surface area contributed by atoms with Gasteiger partial charge in [0, 0.05) is 36.8 Å². The Morgan fingerprint density at radius 1 is 1.14 bits per heavy atom. The van der Waals surface area contributed by atoms with Gasteiger partial charge in [-0.3, -0.25) is 19.8 Å². The van der Waals surface area contributed by atoms with Crippen LogP contribution >= 0.6 is 0 Å². The molecule has 1 amide bonds. The van der Waals surface area contributed by atoms with Crippen LogP contribution in [0.2, 0.25) is 0 Å². The highest BCUT2D eigenvalue weighted by Gasteiger charge is 2.29. The molecule has 0 spiro atoms. The van der Waals surface area contributed by atoms with Crippen molar-refractivity contribution in [3.05, 3.63) is 33.9 Å². The van der Waals surface area contributed by atoms with E-state index in [0.717, 1.165) is 39.0 Å². The van der Waals surface area contributed by atoms with Crippen LogP contribution < -0.4 is 10.2 Å². The van der Waals surface area contributed by atoms with Crippen molar-refractivity contribution < 1.29 is 9.72 Å². The lowest BCUT2D eigenvalue weighted by molar-refractivity contribution is -0.384. The number of anilines is 1. The van der Waals surface area contributed by atoms with Crippen LogP contribution in [0.25, 0.3) is 0 Å². The minimum Gasteiger partial charge on any atom is -0.364 e. The maximum absolute atomic E-state index is 12.3. The lowest BCUT2D eigenvalue weighted by Gasteiger charge is -2.40. The van der Waals surface area contributed by atoms with Gasteiger partial charge < -0.3 is 10.2 Å². The number of nitrogens with one attached hydrogen (secondary N) is 1. The number of nitro benzene ring substituents is 1. The van der Waals surface area contributed by atoms with E-state index in [1.807, 2.05) is 13.8 Å². The molecule has 1 aromatic rings. The van der Waals surface area contributed by atoms with Crippen LogP contribution in [0.3, 0.4) is 0 Å². The van der Waals surface area contributed by atoms with Crippen molar-refractivity contribution in [1.29, 1.82) is 0 Å². The van der Waals surface area contributed by atoms with Gasteiger partial charge in [0.05, 0.1) is 4.92 Å². The first-order valence-electron chi connectivity index (χ1n) is 10.5. The van der Waals surface area contributed by atoms with Gasteiger partial charge in [0.15, 0.2) is 0 Å². The van der Waals surface area contributed by atoms with Crippen molar-refractivity contribution in [1.82, 2.24) is 10.2 Å². The number of carbonyl (C=O) groups is 1. The van der Waals surface area contributed by atoms with E-state index in [1.54, 1.807) is 12.1 Å². The molecule has 2 fully saturated rings. The van der Waals surface area contributed by atoms with E-state index >= 15 is 0 Å². The number of benzene rings is 1. The molecule has 154 valence electrons. The standard InChI is InChI=1S/C21H32N4O3/c1-16(2)22-21(26)17-9-10-19(20(14-17)25(27)28)24-13-7-8-18(15-24)23-11-5-3-4-6-12-23/h9-10,14,16,18H,3-8,11-13,15H2,1-2H3,(H,22,26). The summed E-state index contributed by atoms with van der Waals surface area (Å²) in [6.07, 6.45) is 7.29. The summed E-state index contributed by atoms with van der Waals surface area (Å²) in [6.45, 7) is 7.65. The summed E-state index contributed by atoms with van der Waals surface area (Å²) >= 11 is 0. The molecule has 3 rings (SSSR count). The van der Waals surface area contributed by atoms with Gasteiger partial charge in [-0.1, -0.05) is 12.8 Å². The van der Waals surface area contributed by atoms with E-state index in [1.165, 1.54) is 31.7 Å². The molecule has 2 aliphatic heterocycles. The Balaban J connectivity index is 1.79. The van der Waals surface area contributed by atoms with Crippen molar-refractivity contribution in [2.45, 2.75) is 64.5 Å². The van der Waals surface area contributed by atoms with Crippen molar-refractivity contribution in [2.24, 2.45) is 0 Å². The quantitative estimate of drug-likeness (QED) is 0.616. The van der Waals surface area contributed by atoms with Crippen LogP contribution in [0.5, 0.6) is 0 Å². The normalized spacial score (nSPS) is 21.4. The molecule has 0 bridgehead atoms. The fraction of sp³-hybridized carbons (Fsp3) is 0.667. The van der Waals surface area contributed by atoms with E-state index in [2.05, 4.69) is 15.1 Å². The second kappa shape index (κ2) is 9.37. The highest BCUT2D eigenvalue weighted by molar-refractivity contribution is 5.96. The molecule has 2 saturated heterocycles. The summed E-state index contributed by atoms with van der Waals surface area (Å²) in [6, 6.07) is 5.31. The third-order valence-electron chi connectivity index (χ3n) is 5.75. The Labute approximate surface area is 167 Å². The zero-order chi connectivity index (χ0) is 20.1. The van der Waals surface area contributed by atoms with Crippen LogP contribution in [-0.2, 0) is 0 Å². The van der Waals surface area contributed by atoms with E-state index in [4.69, 9.17) is 0 Å². The van der Waals surface area contributed by atoms with Crippen LogP contribution in [-0.4, -0.2) is 54.0 Å². The van der Waals surface area contributed by atoms with Gasteiger partial charge in [0.1, 0.15) is 5.69 Å². The summed E-state index contributed by atoms with van der Waals surface area (Å²) in [5.41, 5.74) is 0.990. The van der Waals surface area contributed by atoms with Gasteiger partial charge in [-0.25, -0.2) is 0 Å². The molecule has 1 aromatic carbocycles. The molecule has 2 aliphatic rings. The molecular weight excluding hydrogens is 356 g/mol. The lowest BCUT2D eigenvalue weighted by atomic mass is 10.0. The number of likely N-dealkylation sites (tertiary alicyclic amines) is 1. The largest absolute Gasteiger partial charge is 0.364 e. The molecular formula is C21H32N4O3. The molecule has 0 aliphatic carbocycles. The molecule has 0 aromatic heterocycles. The molecule has 28 heavy (non-hydrogen) atoms. The molecule has 0 radical (unpaired) electrons. The van der Waals surface area contributed by atoms with Gasteiger partial charge in [0.25, 0.3) is 11.6 Å². The Morgan fingerprint density at radius 3 is 2.50 bits per heavy atom. The van der Waals surface area contributed by atoms with E-state index in [-0.39, 0.29) is 22.6 Å². The predicted molar refractivity (Wildman–Crippen MR) is 111 cm³/mol. The Kier molecular flexibility index (Phi) is 6.88. The van der Waals surface area contributed by atoms with Crippen molar-refractivity contribution >= 4 is 17.3 Å². The summed E-state index contributed by atoms with van der Waals surface area (Å²) in [5.74, 6) is -0.272. The Hall–Kier alpha value is -2.15. The molecule has 1 atom stereocenters. The number of piperidine rings is 1. The predicted octanol–water partition coefficient (Wildman–Crippen LogP) is 3.58. The third-order valence-corrected chi connectivity index (χ3v) is 5.75. The zero-order valence-electron chi connectivity index (χ0n) is 17.0. The summed E-state index contributed by atoms with van der Waals surface area (Å²) in [4.78, 5) is 28.3. The van der Waals surface area contributed by atoms with Crippen molar-refractivity contribution in [3.8, 4) is 0 Å². The van der Waals surface area contributed by atoms with Gasteiger partial charge >= 0.3 is 0 Å². The number of nitrogens with zero attached hydrogens (tertiary/aromatic N) is 3. The van der Waals surface area contributed by atoms with Crippen molar-refractivity contribution in [2.75, 3.05) is 31.1 Å². The van der Waals surface area contributed by atoms with Gasteiger partial charge in [-0.15, -0.1) is 0 Å².